The van der Waals surface area contributed by atoms with Crippen molar-refractivity contribution in [2.24, 2.45) is 5.92 Å². The maximum atomic E-state index is 10.9. The summed E-state index contributed by atoms with van der Waals surface area (Å²) in [6, 6.07) is 6.85. The van der Waals surface area contributed by atoms with Crippen LogP contribution in [0.1, 0.15) is 42.5 Å². The average molecular weight is 261 g/mol. The second kappa shape index (κ2) is 5.74. The second-order valence-corrected chi connectivity index (χ2v) is 5.87. The Morgan fingerprint density at radius 1 is 1.32 bits per heavy atom. The third-order valence-electron chi connectivity index (χ3n) is 4.06. The summed E-state index contributed by atoms with van der Waals surface area (Å²) in [6.45, 7) is 2.02. The first-order valence-electron chi connectivity index (χ1n) is 6.99. The van der Waals surface area contributed by atoms with Gasteiger partial charge < -0.3 is 10.0 Å². The highest BCUT2D eigenvalue weighted by Crippen LogP contribution is 2.32. The number of rotatable bonds is 5. The summed E-state index contributed by atoms with van der Waals surface area (Å²) >= 11 is 0. The molecule has 1 aliphatic carbocycles. The Labute approximate surface area is 115 Å². The van der Waals surface area contributed by atoms with Gasteiger partial charge in [0.05, 0.1) is 0 Å². The third kappa shape index (κ3) is 3.16. The zero-order valence-electron chi connectivity index (χ0n) is 12.0. The van der Waals surface area contributed by atoms with E-state index in [2.05, 4.69) is 23.1 Å². The smallest absolute Gasteiger partial charge is 0.303 e. The van der Waals surface area contributed by atoms with Crippen LogP contribution in [0, 0.1) is 5.92 Å². The topological polar surface area (TPSA) is 40.5 Å². The highest BCUT2D eigenvalue weighted by molar-refractivity contribution is 5.67. The molecule has 0 spiro atoms. The highest BCUT2D eigenvalue weighted by Gasteiger charge is 2.24. The summed E-state index contributed by atoms with van der Waals surface area (Å²) in [7, 11) is 4.05. The van der Waals surface area contributed by atoms with Gasteiger partial charge in [-0.15, -0.1) is 0 Å². The van der Waals surface area contributed by atoms with Crippen molar-refractivity contribution in [3.63, 3.8) is 0 Å². The van der Waals surface area contributed by atoms with Crippen LogP contribution in [0.5, 0.6) is 0 Å². The van der Waals surface area contributed by atoms with Crippen LogP contribution in [0.2, 0.25) is 0 Å². The van der Waals surface area contributed by atoms with Gasteiger partial charge in [0, 0.05) is 12.5 Å². The molecule has 0 saturated carbocycles. The summed E-state index contributed by atoms with van der Waals surface area (Å²) in [6.07, 6.45) is 3.81. The van der Waals surface area contributed by atoms with Crippen molar-refractivity contribution in [2.75, 3.05) is 14.1 Å². The molecule has 0 heterocycles. The zero-order valence-corrected chi connectivity index (χ0v) is 12.0. The van der Waals surface area contributed by atoms with E-state index in [0.717, 1.165) is 6.42 Å². The summed E-state index contributed by atoms with van der Waals surface area (Å²) in [5.74, 6) is -0.618. The minimum Gasteiger partial charge on any atom is -0.481 e. The maximum Gasteiger partial charge on any atom is 0.303 e. The zero-order chi connectivity index (χ0) is 14.0. The molecule has 1 N–H and O–H groups in total. The van der Waals surface area contributed by atoms with Crippen molar-refractivity contribution in [1.29, 1.82) is 0 Å². The molecule has 1 aromatic rings. The Balaban J connectivity index is 2.26. The normalized spacial score (nSPS) is 17.3. The van der Waals surface area contributed by atoms with E-state index in [1.807, 2.05) is 21.0 Å². The molecular weight excluding hydrogens is 238 g/mol. The molecule has 2 unspecified atom stereocenters. The number of aryl methyl sites for hydroxylation is 2. The van der Waals surface area contributed by atoms with Crippen LogP contribution in [0.15, 0.2) is 18.2 Å². The molecule has 0 aromatic heterocycles. The Bertz CT molecular complexity index is 468. The van der Waals surface area contributed by atoms with Crippen LogP contribution in [0.25, 0.3) is 0 Å². The van der Waals surface area contributed by atoms with Crippen LogP contribution in [-0.4, -0.2) is 30.1 Å². The van der Waals surface area contributed by atoms with E-state index < -0.39 is 5.97 Å². The number of nitrogens with zero attached hydrogens (tertiary/aromatic N) is 1. The summed E-state index contributed by atoms with van der Waals surface area (Å²) in [5, 5.41) is 9.00. The summed E-state index contributed by atoms with van der Waals surface area (Å²) in [4.78, 5) is 13.1. The standard InChI is InChI=1S/C16H23NO2/c1-11(9-15(18)19)16(17(2)3)14-8-7-12-5-4-6-13(12)10-14/h7-8,10-11,16H,4-6,9H2,1-3H3,(H,18,19). The van der Waals surface area contributed by atoms with Gasteiger partial charge in [0.25, 0.3) is 0 Å². The number of carboxylic acid groups (broad SMARTS) is 1. The Kier molecular flexibility index (Phi) is 4.25. The van der Waals surface area contributed by atoms with Gasteiger partial charge in [0.2, 0.25) is 0 Å². The summed E-state index contributed by atoms with van der Waals surface area (Å²) in [5.41, 5.74) is 4.17. The van der Waals surface area contributed by atoms with E-state index in [9.17, 15) is 4.79 Å². The van der Waals surface area contributed by atoms with Crippen molar-refractivity contribution >= 4 is 5.97 Å². The first-order chi connectivity index (χ1) is 8.99. The quantitative estimate of drug-likeness (QED) is 0.886. The molecule has 0 bridgehead atoms. The van der Waals surface area contributed by atoms with Gasteiger partial charge in [-0.2, -0.15) is 0 Å². The molecular formula is C16H23NO2. The highest BCUT2D eigenvalue weighted by atomic mass is 16.4. The summed E-state index contributed by atoms with van der Waals surface area (Å²) < 4.78 is 0. The molecule has 104 valence electrons. The van der Waals surface area contributed by atoms with Gasteiger partial charge in [-0.1, -0.05) is 25.1 Å². The van der Waals surface area contributed by atoms with Crippen LogP contribution < -0.4 is 0 Å². The molecule has 19 heavy (non-hydrogen) atoms. The van der Waals surface area contributed by atoms with Gasteiger partial charge in [0.1, 0.15) is 0 Å². The number of fused-ring (bicyclic) bond motifs is 1. The Morgan fingerprint density at radius 2 is 2.00 bits per heavy atom. The van der Waals surface area contributed by atoms with E-state index in [4.69, 9.17) is 5.11 Å². The number of carbonyl (C=O) groups is 1. The number of aliphatic carboxylic acids is 1. The SMILES string of the molecule is CC(CC(=O)O)C(c1ccc2c(c1)CCC2)N(C)C. The fourth-order valence-corrected chi connectivity index (χ4v) is 3.30. The molecule has 0 saturated heterocycles. The number of hydrogen-bond donors (Lipinski definition) is 1. The van der Waals surface area contributed by atoms with Crippen LogP contribution in [0.3, 0.4) is 0 Å². The molecule has 2 atom stereocenters. The predicted molar refractivity (Wildman–Crippen MR) is 76.3 cm³/mol. The molecule has 3 nitrogen and oxygen atoms in total. The van der Waals surface area contributed by atoms with Crippen LogP contribution in [0.4, 0.5) is 0 Å². The molecule has 3 heteroatoms. The molecule has 1 aromatic carbocycles. The van der Waals surface area contributed by atoms with Crippen molar-refractivity contribution < 1.29 is 9.90 Å². The first kappa shape index (κ1) is 14.1. The molecule has 0 amide bonds. The number of carboxylic acids is 1. The molecule has 0 radical (unpaired) electrons. The lowest BCUT2D eigenvalue weighted by molar-refractivity contribution is -0.138. The number of hydrogen-bond acceptors (Lipinski definition) is 2. The molecule has 0 fully saturated rings. The lowest BCUT2D eigenvalue weighted by Crippen LogP contribution is -2.27. The van der Waals surface area contributed by atoms with E-state index in [1.165, 1.54) is 29.5 Å². The Morgan fingerprint density at radius 3 is 2.63 bits per heavy atom. The third-order valence-corrected chi connectivity index (χ3v) is 4.06. The van der Waals surface area contributed by atoms with Gasteiger partial charge in [-0.3, -0.25) is 4.79 Å². The van der Waals surface area contributed by atoms with Crippen LogP contribution in [-0.2, 0) is 17.6 Å². The minimum absolute atomic E-state index is 0.104. The van der Waals surface area contributed by atoms with E-state index >= 15 is 0 Å². The Hall–Kier alpha value is -1.35. The van der Waals surface area contributed by atoms with Gasteiger partial charge in [-0.25, -0.2) is 0 Å². The van der Waals surface area contributed by atoms with Crippen molar-refractivity contribution in [1.82, 2.24) is 4.90 Å². The van der Waals surface area contributed by atoms with Gasteiger partial charge >= 0.3 is 5.97 Å². The van der Waals surface area contributed by atoms with E-state index in [-0.39, 0.29) is 18.4 Å². The largest absolute Gasteiger partial charge is 0.481 e. The predicted octanol–water partition coefficient (Wildman–Crippen LogP) is 2.89. The van der Waals surface area contributed by atoms with Crippen molar-refractivity contribution in [3.05, 3.63) is 34.9 Å². The average Bonchev–Trinajstić information content (AvgIpc) is 2.74. The minimum atomic E-state index is -0.722. The van der Waals surface area contributed by atoms with Gasteiger partial charge in [-0.05, 0) is 56.0 Å². The second-order valence-electron chi connectivity index (χ2n) is 5.87. The monoisotopic (exact) mass is 261 g/mol. The molecule has 2 rings (SSSR count). The first-order valence-corrected chi connectivity index (χ1v) is 6.99. The lowest BCUT2D eigenvalue weighted by Gasteiger charge is -2.30. The number of benzene rings is 1. The maximum absolute atomic E-state index is 10.9. The van der Waals surface area contributed by atoms with E-state index in [1.54, 1.807) is 0 Å². The van der Waals surface area contributed by atoms with E-state index in [0.29, 0.717) is 0 Å². The van der Waals surface area contributed by atoms with Gasteiger partial charge in [0.15, 0.2) is 0 Å². The van der Waals surface area contributed by atoms with Crippen molar-refractivity contribution in [2.45, 2.75) is 38.6 Å². The fourth-order valence-electron chi connectivity index (χ4n) is 3.30. The lowest BCUT2D eigenvalue weighted by atomic mass is 9.89. The van der Waals surface area contributed by atoms with Crippen LogP contribution >= 0.6 is 0 Å². The fraction of sp³-hybridized carbons (Fsp3) is 0.562. The van der Waals surface area contributed by atoms with Crippen molar-refractivity contribution in [3.8, 4) is 0 Å². The molecule has 0 aliphatic heterocycles. The molecule has 1 aliphatic rings.